The Morgan fingerprint density at radius 2 is 1.89 bits per heavy atom. The molecule has 19 heavy (non-hydrogen) atoms. The van der Waals surface area contributed by atoms with Crippen molar-refractivity contribution in [3.8, 4) is 0 Å². The molecule has 2 amide bonds. The second kappa shape index (κ2) is 5.22. The minimum atomic E-state index is -0.362. The van der Waals surface area contributed by atoms with Gasteiger partial charge >= 0.3 is 0 Å². The van der Waals surface area contributed by atoms with Gasteiger partial charge in [-0.3, -0.25) is 14.4 Å². The number of carbonyl (C=O) groups is 3. The largest absolute Gasteiger partial charge is 0.369 e. The number of benzene rings is 1. The Morgan fingerprint density at radius 3 is 2.37 bits per heavy atom. The van der Waals surface area contributed by atoms with Crippen LogP contribution in [0.3, 0.4) is 0 Å². The Labute approximate surface area is 111 Å². The van der Waals surface area contributed by atoms with Crippen molar-refractivity contribution < 1.29 is 14.4 Å². The van der Waals surface area contributed by atoms with Gasteiger partial charge in [-0.25, -0.2) is 0 Å². The van der Waals surface area contributed by atoms with Crippen molar-refractivity contribution in [2.75, 3.05) is 13.1 Å². The predicted octanol–water partition coefficient (Wildman–Crippen LogP) is 0.693. The van der Waals surface area contributed by atoms with Gasteiger partial charge in [0.25, 0.3) is 5.91 Å². The van der Waals surface area contributed by atoms with Crippen molar-refractivity contribution in [2.45, 2.75) is 6.92 Å². The second-order valence-electron chi connectivity index (χ2n) is 4.94. The molecule has 1 heterocycles. The molecule has 0 saturated carbocycles. The monoisotopic (exact) mass is 260 g/mol. The van der Waals surface area contributed by atoms with Crippen molar-refractivity contribution in [3.05, 3.63) is 35.4 Å². The molecule has 0 aliphatic carbocycles. The fourth-order valence-electron chi connectivity index (χ4n) is 2.39. The maximum Gasteiger partial charge on any atom is 0.253 e. The molecule has 1 aromatic rings. The van der Waals surface area contributed by atoms with Crippen LogP contribution in [0.5, 0.6) is 0 Å². The molecule has 5 heteroatoms. The summed E-state index contributed by atoms with van der Waals surface area (Å²) in [5, 5.41) is 0. The number of nitrogens with zero attached hydrogens (tertiary/aromatic N) is 1. The number of hydrogen-bond acceptors (Lipinski definition) is 3. The number of carbonyl (C=O) groups excluding carboxylic acids is 3. The van der Waals surface area contributed by atoms with Gasteiger partial charge in [0.1, 0.15) is 6.29 Å². The van der Waals surface area contributed by atoms with Gasteiger partial charge in [-0.05, 0) is 18.1 Å². The first-order valence-corrected chi connectivity index (χ1v) is 6.16. The quantitative estimate of drug-likeness (QED) is 0.812. The van der Waals surface area contributed by atoms with Gasteiger partial charge in [0.2, 0.25) is 5.91 Å². The number of aldehydes is 1. The van der Waals surface area contributed by atoms with E-state index in [1.165, 1.54) is 0 Å². The fourth-order valence-corrected chi connectivity index (χ4v) is 2.39. The molecular formula is C14H16N2O3. The Balaban J connectivity index is 2.12. The number of hydrogen-bond donors (Lipinski definition) is 1. The average Bonchev–Trinajstić information content (AvgIpc) is 2.80. The third kappa shape index (κ3) is 2.65. The summed E-state index contributed by atoms with van der Waals surface area (Å²) in [6.45, 7) is 2.81. The summed E-state index contributed by atoms with van der Waals surface area (Å²) in [7, 11) is 0. The topological polar surface area (TPSA) is 80.5 Å². The molecule has 2 unspecified atom stereocenters. The molecule has 1 aliphatic rings. The highest BCUT2D eigenvalue weighted by molar-refractivity contribution is 5.95. The zero-order valence-electron chi connectivity index (χ0n) is 10.7. The fraction of sp³-hybridized carbons (Fsp3) is 0.357. The first-order chi connectivity index (χ1) is 9.02. The van der Waals surface area contributed by atoms with Crippen molar-refractivity contribution in [3.63, 3.8) is 0 Å². The molecule has 1 aliphatic heterocycles. The Morgan fingerprint density at radius 1 is 1.26 bits per heavy atom. The molecule has 1 aromatic carbocycles. The Hall–Kier alpha value is -2.17. The molecule has 2 N–H and O–H groups in total. The summed E-state index contributed by atoms with van der Waals surface area (Å²) in [5.74, 6) is -0.693. The van der Waals surface area contributed by atoms with E-state index < -0.39 is 0 Å². The second-order valence-corrected chi connectivity index (χ2v) is 4.94. The molecule has 0 radical (unpaired) electrons. The normalized spacial score (nSPS) is 22.3. The Bertz CT molecular complexity index is 510. The molecule has 2 rings (SSSR count). The van der Waals surface area contributed by atoms with Crippen molar-refractivity contribution >= 4 is 18.1 Å². The van der Waals surface area contributed by atoms with Gasteiger partial charge in [0.05, 0.1) is 5.92 Å². The van der Waals surface area contributed by atoms with Crippen LogP contribution >= 0.6 is 0 Å². The van der Waals surface area contributed by atoms with Gasteiger partial charge in [0, 0.05) is 24.2 Å². The zero-order chi connectivity index (χ0) is 14.0. The lowest BCUT2D eigenvalue weighted by Crippen LogP contribution is -2.31. The van der Waals surface area contributed by atoms with E-state index in [9.17, 15) is 14.4 Å². The minimum absolute atomic E-state index is 0.0794. The van der Waals surface area contributed by atoms with Crippen LogP contribution in [0.15, 0.2) is 24.3 Å². The maximum absolute atomic E-state index is 12.2. The smallest absolute Gasteiger partial charge is 0.253 e. The van der Waals surface area contributed by atoms with Crippen molar-refractivity contribution in [1.82, 2.24) is 4.90 Å². The number of amides is 2. The number of nitrogens with two attached hydrogens (primary N) is 1. The van der Waals surface area contributed by atoms with Gasteiger partial charge in [-0.2, -0.15) is 0 Å². The van der Waals surface area contributed by atoms with Gasteiger partial charge in [0.15, 0.2) is 0 Å². The molecule has 0 aromatic heterocycles. The summed E-state index contributed by atoms with van der Waals surface area (Å²) in [5.41, 5.74) is 6.36. The summed E-state index contributed by atoms with van der Waals surface area (Å²) in [6, 6.07) is 6.44. The van der Waals surface area contributed by atoms with E-state index in [4.69, 9.17) is 5.73 Å². The van der Waals surface area contributed by atoms with Crippen molar-refractivity contribution in [2.24, 2.45) is 17.6 Å². The van der Waals surface area contributed by atoms with E-state index in [0.29, 0.717) is 24.2 Å². The molecule has 0 bridgehead atoms. The summed E-state index contributed by atoms with van der Waals surface area (Å²) in [4.78, 5) is 35.7. The lowest BCUT2D eigenvalue weighted by atomic mass is 9.98. The molecule has 2 atom stereocenters. The SMILES string of the molecule is CC1CN(C(=O)c2ccc(C=O)cc2)CC1C(N)=O. The summed E-state index contributed by atoms with van der Waals surface area (Å²) in [6.07, 6.45) is 0.731. The van der Waals surface area contributed by atoms with E-state index in [2.05, 4.69) is 0 Å². The average molecular weight is 260 g/mol. The van der Waals surface area contributed by atoms with Crippen LogP contribution in [0.1, 0.15) is 27.6 Å². The van der Waals surface area contributed by atoms with Gasteiger partial charge in [-0.1, -0.05) is 19.1 Å². The van der Waals surface area contributed by atoms with Crippen LogP contribution in [-0.2, 0) is 4.79 Å². The highest BCUT2D eigenvalue weighted by atomic mass is 16.2. The highest BCUT2D eigenvalue weighted by Gasteiger charge is 2.35. The standard InChI is InChI=1S/C14H16N2O3/c1-9-6-16(7-12(9)13(15)18)14(19)11-4-2-10(8-17)3-5-11/h2-5,8-9,12H,6-7H2,1H3,(H2,15,18). The van der Waals surface area contributed by atoms with Crippen LogP contribution < -0.4 is 5.73 Å². The van der Waals surface area contributed by atoms with Crippen LogP contribution in [-0.4, -0.2) is 36.1 Å². The molecule has 0 spiro atoms. The van der Waals surface area contributed by atoms with E-state index in [1.54, 1.807) is 29.2 Å². The minimum Gasteiger partial charge on any atom is -0.369 e. The number of primary amides is 1. The van der Waals surface area contributed by atoms with E-state index >= 15 is 0 Å². The molecule has 1 saturated heterocycles. The molecule has 100 valence electrons. The van der Waals surface area contributed by atoms with E-state index in [0.717, 1.165) is 6.29 Å². The first kappa shape index (κ1) is 13.3. The third-order valence-electron chi connectivity index (χ3n) is 3.56. The molecule has 5 nitrogen and oxygen atoms in total. The lowest BCUT2D eigenvalue weighted by molar-refractivity contribution is -0.122. The van der Waals surface area contributed by atoms with E-state index in [1.807, 2.05) is 6.92 Å². The van der Waals surface area contributed by atoms with Gasteiger partial charge in [-0.15, -0.1) is 0 Å². The first-order valence-electron chi connectivity index (χ1n) is 6.16. The lowest BCUT2D eigenvalue weighted by Gasteiger charge is -2.16. The van der Waals surface area contributed by atoms with Crippen LogP contribution in [0.2, 0.25) is 0 Å². The van der Waals surface area contributed by atoms with E-state index in [-0.39, 0.29) is 23.7 Å². The zero-order valence-corrected chi connectivity index (χ0v) is 10.7. The van der Waals surface area contributed by atoms with Gasteiger partial charge < -0.3 is 10.6 Å². The predicted molar refractivity (Wildman–Crippen MR) is 69.6 cm³/mol. The number of rotatable bonds is 3. The third-order valence-corrected chi connectivity index (χ3v) is 3.56. The molecular weight excluding hydrogens is 244 g/mol. The number of likely N-dealkylation sites (tertiary alicyclic amines) is 1. The Kier molecular flexibility index (Phi) is 3.64. The maximum atomic E-state index is 12.2. The van der Waals surface area contributed by atoms with Crippen molar-refractivity contribution in [1.29, 1.82) is 0 Å². The summed E-state index contributed by atoms with van der Waals surface area (Å²) < 4.78 is 0. The molecule has 1 fully saturated rings. The highest BCUT2D eigenvalue weighted by Crippen LogP contribution is 2.24. The van der Waals surface area contributed by atoms with Crippen LogP contribution in [0, 0.1) is 11.8 Å². The summed E-state index contributed by atoms with van der Waals surface area (Å²) >= 11 is 0. The van der Waals surface area contributed by atoms with Crippen LogP contribution in [0.25, 0.3) is 0 Å². The van der Waals surface area contributed by atoms with Crippen LogP contribution in [0.4, 0.5) is 0 Å².